The minimum absolute atomic E-state index is 0.164. The van der Waals surface area contributed by atoms with Crippen molar-refractivity contribution in [3.63, 3.8) is 0 Å². The minimum atomic E-state index is -0.411. The Bertz CT molecular complexity index is 781. The number of amides is 1. The van der Waals surface area contributed by atoms with Gasteiger partial charge in [-0.05, 0) is 48.5 Å². The van der Waals surface area contributed by atoms with Crippen molar-refractivity contribution >= 4 is 52.1 Å². The predicted octanol–water partition coefficient (Wildman–Crippen LogP) is 5.16. The monoisotopic (exact) mass is 396 g/mol. The summed E-state index contributed by atoms with van der Waals surface area (Å²) in [5.41, 5.74) is 1.01. The van der Waals surface area contributed by atoms with Gasteiger partial charge in [0.1, 0.15) is 5.75 Å². The molecule has 0 fully saturated rings. The highest BCUT2D eigenvalue weighted by molar-refractivity contribution is 7.80. The first-order valence-electron chi connectivity index (χ1n) is 7.65. The van der Waals surface area contributed by atoms with E-state index < -0.39 is 5.91 Å². The molecule has 132 valence electrons. The molecule has 0 aliphatic carbocycles. The summed E-state index contributed by atoms with van der Waals surface area (Å²) >= 11 is 17.0. The zero-order chi connectivity index (χ0) is 18.4. The van der Waals surface area contributed by atoms with Crippen LogP contribution in [0.4, 0.5) is 5.69 Å². The average Bonchev–Trinajstić information content (AvgIpc) is 2.53. The summed E-state index contributed by atoms with van der Waals surface area (Å²) in [6.45, 7) is 4.78. The Morgan fingerprint density at radius 2 is 1.96 bits per heavy atom. The summed E-state index contributed by atoms with van der Waals surface area (Å²) in [7, 11) is 0. The first-order chi connectivity index (χ1) is 11.8. The van der Waals surface area contributed by atoms with Gasteiger partial charge < -0.3 is 10.1 Å². The predicted molar refractivity (Wildman–Crippen MR) is 107 cm³/mol. The molecule has 0 atom stereocenters. The molecule has 0 saturated heterocycles. The Labute approximate surface area is 162 Å². The van der Waals surface area contributed by atoms with E-state index in [1.807, 2.05) is 24.3 Å². The van der Waals surface area contributed by atoms with Gasteiger partial charge >= 0.3 is 0 Å². The molecule has 1 amide bonds. The molecule has 2 N–H and O–H groups in total. The second-order valence-electron chi connectivity index (χ2n) is 5.77. The highest BCUT2D eigenvalue weighted by Gasteiger charge is 2.12. The SMILES string of the molecule is CC(C)COc1cccc(NC(=S)NC(=O)c2ccc(Cl)cc2Cl)c1. The van der Waals surface area contributed by atoms with Gasteiger partial charge in [0.25, 0.3) is 5.91 Å². The first kappa shape index (κ1) is 19.5. The molecule has 0 bridgehead atoms. The molecular formula is C18H18Cl2N2O2S. The fourth-order valence-electron chi connectivity index (χ4n) is 1.93. The van der Waals surface area contributed by atoms with Crippen molar-refractivity contribution in [1.29, 1.82) is 0 Å². The largest absolute Gasteiger partial charge is 0.493 e. The lowest BCUT2D eigenvalue weighted by Crippen LogP contribution is -2.34. The van der Waals surface area contributed by atoms with Gasteiger partial charge in [-0.2, -0.15) is 0 Å². The van der Waals surface area contributed by atoms with E-state index in [2.05, 4.69) is 24.5 Å². The molecule has 2 aromatic carbocycles. The number of hydrogen-bond acceptors (Lipinski definition) is 3. The van der Waals surface area contributed by atoms with Gasteiger partial charge in [-0.1, -0.05) is 43.1 Å². The molecule has 2 rings (SSSR count). The third-order valence-electron chi connectivity index (χ3n) is 3.08. The fourth-order valence-corrected chi connectivity index (χ4v) is 2.64. The summed E-state index contributed by atoms with van der Waals surface area (Å²) in [5.74, 6) is 0.751. The van der Waals surface area contributed by atoms with E-state index in [-0.39, 0.29) is 10.1 Å². The molecule has 7 heteroatoms. The number of nitrogens with one attached hydrogen (secondary N) is 2. The van der Waals surface area contributed by atoms with E-state index in [0.29, 0.717) is 28.8 Å². The van der Waals surface area contributed by atoms with Gasteiger partial charge in [0.05, 0.1) is 17.2 Å². The van der Waals surface area contributed by atoms with Gasteiger partial charge in [-0.3, -0.25) is 10.1 Å². The van der Waals surface area contributed by atoms with E-state index in [4.69, 9.17) is 40.2 Å². The normalized spacial score (nSPS) is 10.4. The second kappa shape index (κ2) is 9.04. The number of anilines is 1. The highest BCUT2D eigenvalue weighted by atomic mass is 35.5. The van der Waals surface area contributed by atoms with Crippen LogP contribution in [0.15, 0.2) is 42.5 Å². The van der Waals surface area contributed by atoms with Gasteiger partial charge in [0, 0.05) is 16.8 Å². The van der Waals surface area contributed by atoms with Gasteiger partial charge in [0.2, 0.25) is 0 Å². The van der Waals surface area contributed by atoms with Crippen molar-refractivity contribution in [3.8, 4) is 5.75 Å². The third kappa shape index (κ3) is 6.20. The maximum Gasteiger partial charge on any atom is 0.258 e. The van der Waals surface area contributed by atoms with Gasteiger partial charge in [-0.15, -0.1) is 0 Å². The van der Waals surface area contributed by atoms with Crippen LogP contribution in [0, 0.1) is 5.92 Å². The molecule has 4 nitrogen and oxygen atoms in total. The maximum atomic E-state index is 12.2. The van der Waals surface area contributed by atoms with Crippen molar-refractivity contribution in [2.45, 2.75) is 13.8 Å². The zero-order valence-electron chi connectivity index (χ0n) is 13.8. The molecule has 25 heavy (non-hydrogen) atoms. The molecule has 0 heterocycles. The Kier molecular flexibility index (Phi) is 7.05. The van der Waals surface area contributed by atoms with Crippen LogP contribution in [-0.2, 0) is 0 Å². The van der Waals surface area contributed by atoms with E-state index in [0.717, 1.165) is 5.75 Å². The van der Waals surface area contributed by atoms with Crippen LogP contribution in [0.5, 0.6) is 5.75 Å². The zero-order valence-corrected chi connectivity index (χ0v) is 16.1. The Morgan fingerprint density at radius 1 is 1.20 bits per heavy atom. The molecule has 0 saturated carbocycles. The maximum absolute atomic E-state index is 12.2. The molecular weight excluding hydrogens is 379 g/mol. The molecule has 0 aliphatic heterocycles. The molecule has 0 radical (unpaired) electrons. The number of hydrogen-bond donors (Lipinski definition) is 2. The third-order valence-corrected chi connectivity index (χ3v) is 3.83. The van der Waals surface area contributed by atoms with Crippen LogP contribution < -0.4 is 15.4 Å². The number of carbonyl (C=O) groups excluding carboxylic acids is 1. The quantitative estimate of drug-likeness (QED) is 0.685. The smallest absolute Gasteiger partial charge is 0.258 e. The molecule has 0 unspecified atom stereocenters. The number of rotatable bonds is 5. The van der Waals surface area contributed by atoms with Crippen LogP contribution in [0.25, 0.3) is 0 Å². The van der Waals surface area contributed by atoms with Crippen molar-refractivity contribution in [1.82, 2.24) is 5.32 Å². The van der Waals surface area contributed by atoms with Crippen LogP contribution in [0.2, 0.25) is 10.0 Å². The van der Waals surface area contributed by atoms with Crippen molar-refractivity contribution < 1.29 is 9.53 Å². The summed E-state index contributed by atoms with van der Waals surface area (Å²) in [6.07, 6.45) is 0. The van der Waals surface area contributed by atoms with E-state index in [9.17, 15) is 4.79 Å². The average molecular weight is 397 g/mol. The lowest BCUT2D eigenvalue weighted by atomic mass is 10.2. The summed E-state index contributed by atoms with van der Waals surface area (Å²) < 4.78 is 5.67. The topological polar surface area (TPSA) is 50.4 Å². The Morgan fingerprint density at radius 3 is 2.64 bits per heavy atom. The Balaban J connectivity index is 1.97. The van der Waals surface area contributed by atoms with E-state index in [1.165, 1.54) is 6.07 Å². The van der Waals surface area contributed by atoms with Crippen molar-refractivity contribution in [2.24, 2.45) is 5.92 Å². The van der Waals surface area contributed by atoms with Crippen molar-refractivity contribution in [3.05, 3.63) is 58.1 Å². The summed E-state index contributed by atoms with van der Waals surface area (Å²) in [4.78, 5) is 12.2. The lowest BCUT2D eigenvalue weighted by Gasteiger charge is -2.13. The number of halogens is 2. The van der Waals surface area contributed by atoms with Gasteiger partial charge in [0.15, 0.2) is 5.11 Å². The van der Waals surface area contributed by atoms with Crippen LogP contribution >= 0.6 is 35.4 Å². The minimum Gasteiger partial charge on any atom is -0.493 e. The van der Waals surface area contributed by atoms with E-state index in [1.54, 1.807) is 12.1 Å². The molecule has 0 spiro atoms. The second-order valence-corrected chi connectivity index (χ2v) is 7.02. The standard InChI is InChI=1S/C18H18Cl2N2O2S/c1-11(2)10-24-14-5-3-4-13(9-14)21-18(25)22-17(23)15-7-6-12(19)8-16(15)20/h3-9,11H,10H2,1-2H3,(H2,21,22,23,25). The van der Waals surface area contributed by atoms with Gasteiger partial charge in [-0.25, -0.2) is 0 Å². The number of ether oxygens (including phenoxy) is 1. The van der Waals surface area contributed by atoms with E-state index >= 15 is 0 Å². The fraction of sp³-hybridized carbons (Fsp3) is 0.222. The first-order valence-corrected chi connectivity index (χ1v) is 8.82. The van der Waals surface area contributed by atoms with Crippen LogP contribution in [0.1, 0.15) is 24.2 Å². The van der Waals surface area contributed by atoms with Crippen LogP contribution in [0.3, 0.4) is 0 Å². The van der Waals surface area contributed by atoms with Crippen LogP contribution in [-0.4, -0.2) is 17.6 Å². The highest BCUT2D eigenvalue weighted by Crippen LogP contribution is 2.21. The number of benzene rings is 2. The number of thiocarbonyl (C=S) groups is 1. The molecule has 0 aromatic heterocycles. The Hall–Kier alpha value is -1.82. The summed E-state index contributed by atoms with van der Waals surface area (Å²) in [5, 5.41) is 6.42. The van der Waals surface area contributed by atoms with Crippen molar-refractivity contribution in [2.75, 3.05) is 11.9 Å². The summed E-state index contributed by atoms with van der Waals surface area (Å²) in [6, 6.07) is 12.0. The molecule has 0 aliphatic rings. The molecule has 2 aromatic rings. The number of carbonyl (C=O) groups is 1. The lowest BCUT2D eigenvalue weighted by molar-refractivity contribution is 0.0978.